The van der Waals surface area contributed by atoms with Crippen molar-refractivity contribution >= 4 is 12.0 Å². The SMILES string of the molecule is COC(=O)C1=C(C)N(Cc2ccccc2)C(=O)NC1c1ccc(F)cc1F. The summed E-state index contributed by atoms with van der Waals surface area (Å²) in [5.74, 6) is -2.30. The maximum atomic E-state index is 14.3. The first-order chi connectivity index (χ1) is 12.9. The molecular formula is C20H18F2N2O3. The van der Waals surface area contributed by atoms with Crippen LogP contribution in [0.1, 0.15) is 24.1 Å². The lowest BCUT2D eigenvalue weighted by atomic mass is 9.94. The lowest BCUT2D eigenvalue weighted by molar-refractivity contribution is -0.136. The van der Waals surface area contributed by atoms with E-state index in [2.05, 4.69) is 5.32 Å². The Bertz CT molecular complexity index is 913. The minimum absolute atomic E-state index is 0.0103. The second kappa shape index (κ2) is 7.57. The summed E-state index contributed by atoms with van der Waals surface area (Å²) < 4.78 is 32.4. The number of benzene rings is 2. The van der Waals surface area contributed by atoms with Crippen LogP contribution in [0.25, 0.3) is 0 Å². The molecule has 0 bridgehead atoms. The first-order valence-corrected chi connectivity index (χ1v) is 8.28. The van der Waals surface area contributed by atoms with Crippen molar-refractivity contribution in [3.63, 3.8) is 0 Å². The number of halogens is 2. The highest BCUT2D eigenvalue weighted by molar-refractivity contribution is 5.95. The third kappa shape index (κ3) is 3.67. The summed E-state index contributed by atoms with van der Waals surface area (Å²) in [6.45, 7) is 1.83. The predicted molar refractivity (Wildman–Crippen MR) is 94.3 cm³/mol. The van der Waals surface area contributed by atoms with Gasteiger partial charge in [0.1, 0.15) is 11.6 Å². The second-order valence-corrected chi connectivity index (χ2v) is 6.11. The van der Waals surface area contributed by atoms with Crippen LogP contribution in [0.5, 0.6) is 0 Å². The van der Waals surface area contributed by atoms with Gasteiger partial charge in [-0.05, 0) is 18.6 Å². The predicted octanol–water partition coefficient (Wildman–Crippen LogP) is 3.68. The molecule has 0 fully saturated rings. The number of hydrogen-bond acceptors (Lipinski definition) is 3. The van der Waals surface area contributed by atoms with Crippen molar-refractivity contribution in [1.29, 1.82) is 0 Å². The first kappa shape index (κ1) is 18.6. The van der Waals surface area contributed by atoms with Gasteiger partial charge in [-0.3, -0.25) is 4.90 Å². The molecule has 1 aliphatic heterocycles. The molecule has 0 aliphatic carbocycles. The molecule has 0 saturated heterocycles. The summed E-state index contributed by atoms with van der Waals surface area (Å²) in [7, 11) is 1.21. The van der Waals surface area contributed by atoms with E-state index >= 15 is 0 Å². The molecule has 1 atom stereocenters. The Kier molecular flexibility index (Phi) is 5.21. The highest BCUT2D eigenvalue weighted by Gasteiger charge is 2.37. The van der Waals surface area contributed by atoms with Gasteiger partial charge in [0.25, 0.3) is 0 Å². The summed E-state index contributed by atoms with van der Waals surface area (Å²) in [6, 6.07) is 10.7. The number of carbonyl (C=O) groups is 2. The molecule has 1 heterocycles. The molecule has 1 aliphatic rings. The number of esters is 1. The number of nitrogens with one attached hydrogen (secondary N) is 1. The zero-order valence-corrected chi connectivity index (χ0v) is 14.8. The van der Waals surface area contributed by atoms with Gasteiger partial charge in [0, 0.05) is 17.3 Å². The Morgan fingerprint density at radius 3 is 2.52 bits per heavy atom. The highest BCUT2D eigenvalue weighted by atomic mass is 19.1. The maximum absolute atomic E-state index is 14.3. The third-order valence-corrected chi connectivity index (χ3v) is 4.46. The zero-order chi connectivity index (χ0) is 19.6. The van der Waals surface area contributed by atoms with Crippen molar-refractivity contribution in [3.05, 3.63) is 82.6 Å². The first-order valence-electron chi connectivity index (χ1n) is 8.28. The van der Waals surface area contributed by atoms with Crippen molar-refractivity contribution in [1.82, 2.24) is 10.2 Å². The fraction of sp³-hybridized carbons (Fsp3) is 0.200. The van der Waals surface area contributed by atoms with Crippen LogP contribution in [-0.2, 0) is 16.1 Å². The zero-order valence-electron chi connectivity index (χ0n) is 14.8. The fourth-order valence-electron chi connectivity index (χ4n) is 3.08. The standard InChI is InChI=1S/C20H18F2N2O3/c1-12-17(19(25)27-2)18(15-9-8-14(21)10-16(15)22)23-20(26)24(12)11-13-6-4-3-5-7-13/h3-10,18H,11H2,1-2H3,(H,23,26). The Balaban J connectivity index is 2.06. The van der Waals surface area contributed by atoms with Crippen LogP contribution >= 0.6 is 0 Å². The van der Waals surface area contributed by atoms with E-state index in [1.54, 1.807) is 6.92 Å². The van der Waals surface area contributed by atoms with Crippen LogP contribution in [0.3, 0.4) is 0 Å². The summed E-state index contributed by atoms with van der Waals surface area (Å²) in [5, 5.41) is 2.62. The van der Waals surface area contributed by atoms with Crippen LogP contribution in [0.4, 0.5) is 13.6 Å². The Morgan fingerprint density at radius 2 is 1.89 bits per heavy atom. The van der Waals surface area contributed by atoms with Gasteiger partial charge in [0.15, 0.2) is 0 Å². The minimum Gasteiger partial charge on any atom is -0.466 e. The summed E-state index contributed by atoms with van der Waals surface area (Å²) in [5.41, 5.74) is 1.30. The van der Waals surface area contributed by atoms with E-state index in [-0.39, 0.29) is 17.7 Å². The molecule has 0 saturated carbocycles. The molecule has 7 heteroatoms. The maximum Gasteiger partial charge on any atom is 0.337 e. The molecule has 3 rings (SSSR count). The van der Waals surface area contributed by atoms with E-state index in [9.17, 15) is 18.4 Å². The molecule has 0 spiro atoms. The number of hydrogen-bond donors (Lipinski definition) is 1. The number of nitrogens with zero attached hydrogens (tertiary/aromatic N) is 1. The summed E-state index contributed by atoms with van der Waals surface area (Å²) in [4.78, 5) is 26.4. The van der Waals surface area contributed by atoms with Crippen molar-refractivity contribution in [3.8, 4) is 0 Å². The quantitative estimate of drug-likeness (QED) is 0.833. The number of rotatable bonds is 4. The van der Waals surface area contributed by atoms with Crippen molar-refractivity contribution < 1.29 is 23.1 Å². The second-order valence-electron chi connectivity index (χ2n) is 6.11. The molecular weight excluding hydrogens is 354 g/mol. The summed E-state index contributed by atoms with van der Waals surface area (Å²) in [6.07, 6.45) is 0. The monoisotopic (exact) mass is 372 g/mol. The average molecular weight is 372 g/mol. The smallest absolute Gasteiger partial charge is 0.337 e. The van der Waals surface area contributed by atoms with Gasteiger partial charge in [-0.15, -0.1) is 0 Å². The van der Waals surface area contributed by atoms with Crippen molar-refractivity contribution in [2.75, 3.05) is 7.11 Å². The molecule has 1 N–H and O–H groups in total. The molecule has 2 aromatic carbocycles. The summed E-state index contributed by atoms with van der Waals surface area (Å²) >= 11 is 0. The normalized spacial score (nSPS) is 17.0. The average Bonchev–Trinajstić information content (AvgIpc) is 2.65. The lowest BCUT2D eigenvalue weighted by Crippen LogP contribution is -2.47. The van der Waals surface area contributed by atoms with Crippen LogP contribution in [0.15, 0.2) is 59.8 Å². The van der Waals surface area contributed by atoms with Crippen LogP contribution in [0, 0.1) is 11.6 Å². The third-order valence-electron chi connectivity index (χ3n) is 4.46. The number of ether oxygens (including phenoxy) is 1. The number of urea groups is 1. The number of methoxy groups -OCH3 is 1. The number of amides is 2. The molecule has 0 aromatic heterocycles. The van der Waals surface area contributed by atoms with E-state index in [0.717, 1.165) is 11.6 Å². The molecule has 27 heavy (non-hydrogen) atoms. The molecule has 5 nitrogen and oxygen atoms in total. The van der Waals surface area contributed by atoms with Crippen molar-refractivity contribution in [2.24, 2.45) is 0 Å². The Labute approximate surface area is 155 Å². The topological polar surface area (TPSA) is 58.6 Å². The molecule has 2 amide bonds. The fourth-order valence-corrected chi connectivity index (χ4v) is 3.08. The minimum atomic E-state index is -1.07. The van der Waals surface area contributed by atoms with E-state index in [1.165, 1.54) is 18.1 Å². The number of carbonyl (C=O) groups excluding carboxylic acids is 2. The molecule has 1 unspecified atom stereocenters. The van der Waals surface area contributed by atoms with Gasteiger partial charge >= 0.3 is 12.0 Å². The van der Waals surface area contributed by atoms with E-state index in [1.807, 2.05) is 30.3 Å². The Hall–Kier alpha value is -3.22. The highest BCUT2D eigenvalue weighted by Crippen LogP contribution is 2.33. The Morgan fingerprint density at radius 1 is 1.19 bits per heavy atom. The van der Waals surface area contributed by atoms with Gasteiger partial charge in [-0.25, -0.2) is 18.4 Å². The van der Waals surface area contributed by atoms with Crippen LogP contribution in [-0.4, -0.2) is 24.0 Å². The largest absolute Gasteiger partial charge is 0.466 e. The van der Waals surface area contributed by atoms with Gasteiger partial charge < -0.3 is 10.1 Å². The van der Waals surface area contributed by atoms with Crippen LogP contribution < -0.4 is 5.32 Å². The van der Waals surface area contributed by atoms with Crippen LogP contribution in [0.2, 0.25) is 0 Å². The van der Waals surface area contributed by atoms with Gasteiger partial charge in [-0.1, -0.05) is 36.4 Å². The number of allylic oxidation sites excluding steroid dienone is 1. The molecule has 140 valence electrons. The van der Waals surface area contributed by atoms with Gasteiger partial charge in [0.05, 0.1) is 25.3 Å². The lowest BCUT2D eigenvalue weighted by Gasteiger charge is -2.35. The van der Waals surface area contributed by atoms with E-state index in [0.29, 0.717) is 11.8 Å². The van der Waals surface area contributed by atoms with E-state index < -0.39 is 29.7 Å². The van der Waals surface area contributed by atoms with Gasteiger partial charge in [0.2, 0.25) is 0 Å². The van der Waals surface area contributed by atoms with Crippen molar-refractivity contribution in [2.45, 2.75) is 19.5 Å². The molecule has 0 radical (unpaired) electrons. The molecule has 2 aromatic rings. The van der Waals surface area contributed by atoms with Gasteiger partial charge in [-0.2, -0.15) is 0 Å². The van der Waals surface area contributed by atoms with E-state index in [4.69, 9.17) is 4.74 Å².